The molecule has 1 aromatic carbocycles. The largest absolute Gasteiger partial charge is 0.492 e. The van der Waals surface area contributed by atoms with Gasteiger partial charge in [0.2, 0.25) is 18.3 Å². The number of benzene rings is 1. The van der Waals surface area contributed by atoms with Crippen molar-refractivity contribution in [2.45, 2.75) is 6.92 Å². The van der Waals surface area contributed by atoms with E-state index >= 15 is 0 Å². The van der Waals surface area contributed by atoms with E-state index in [1.807, 2.05) is 0 Å². The molecular weight excluding hydrogens is 292 g/mol. The van der Waals surface area contributed by atoms with E-state index in [0.717, 1.165) is 0 Å². The van der Waals surface area contributed by atoms with E-state index < -0.39 is 0 Å². The van der Waals surface area contributed by atoms with Crippen molar-refractivity contribution in [3.8, 4) is 23.0 Å². The number of methoxy groups -OCH3 is 2. The molecule has 0 bridgehead atoms. The smallest absolute Gasteiger partial charge is 0.231 e. The molecule has 1 heterocycles. The van der Waals surface area contributed by atoms with Gasteiger partial charge in [0.15, 0.2) is 17.3 Å². The van der Waals surface area contributed by atoms with E-state index in [1.165, 1.54) is 21.1 Å². The van der Waals surface area contributed by atoms with Crippen molar-refractivity contribution in [1.82, 2.24) is 0 Å². The second-order valence-electron chi connectivity index (χ2n) is 3.38. The molecular formula is C11H11BrO5. The molecule has 92 valence electrons. The lowest BCUT2D eigenvalue weighted by Gasteiger charge is -2.15. The normalized spacial score (nSPS) is 12.5. The fourth-order valence-electron chi connectivity index (χ4n) is 1.73. The third kappa shape index (κ3) is 1.72. The molecule has 17 heavy (non-hydrogen) atoms. The molecule has 0 aromatic heterocycles. The highest BCUT2D eigenvalue weighted by Crippen LogP contribution is 2.53. The van der Waals surface area contributed by atoms with E-state index in [1.54, 1.807) is 0 Å². The fourth-order valence-corrected chi connectivity index (χ4v) is 2.49. The van der Waals surface area contributed by atoms with Crippen LogP contribution >= 0.6 is 15.9 Å². The van der Waals surface area contributed by atoms with Gasteiger partial charge in [0.1, 0.15) is 0 Å². The van der Waals surface area contributed by atoms with Gasteiger partial charge < -0.3 is 18.9 Å². The van der Waals surface area contributed by atoms with Gasteiger partial charge in [0.05, 0.1) is 24.3 Å². The van der Waals surface area contributed by atoms with Gasteiger partial charge in [-0.25, -0.2) is 0 Å². The standard InChI is InChI=1S/C11H11BrO5/c1-5(13)6-7(12)9-11(17-4-16-9)10(15-3)8(6)14-2/h4H2,1-3H3. The lowest BCUT2D eigenvalue weighted by atomic mass is 10.1. The minimum absolute atomic E-state index is 0.0921. The maximum atomic E-state index is 11.7. The number of hydrogen-bond acceptors (Lipinski definition) is 5. The van der Waals surface area contributed by atoms with Gasteiger partial charge in [-0.3, -0.25) is 4.79 Å². The first kappa shape index (κ1) is 12.0. The predicted octanol–water partition coefficient (Wildman–Crippen LogP) is 2.40. The summed E-state index contributed by atoms with van der Waals surface area (Å²) in [6.45, 7) is 1.54. The highest BCUT2D eigenvalue weighted by molar-refractivity contribution is 9.10. The lowest BCUT2D eigenvalue weighted by Crippen LogP contribution is -2.02. The zero-order valence-electron chi connectivity index (χ0n) is 9.63. The summed E-state index contributed by atoms with van der Waals surface area (Å²) in [6, 6.07) is 0. The van der Waals surface area contributed by atoms with Crippen molar-refractivity contribution >= 4 is 21.7 Å². The molecule has 0 fully saturated rings. The summed E-state index contributed by atoms with van der Waals surface area (Å²) in [5.41, 5.74) is 0.383. The number of ketones is 1. The summed E-state index contributed by atoms with van der Waals surface area (Å²) in [6.07, 6.45) is 0. The Hall–Kier alpha value is -1.43. The molecule has 0 unspecified atom stereocenters. The van der Waals surface area contributed by atoms with Gasteiger partial charge in [-0.1, -0.05) is 0 Å². The molecule has 5 nitrogen and oxygen atoms in total. The molecule has 0 saturated heterocycles. The van der Waals surface area contributed by atoms with Crippen LogP contribution in [-0.4, -0.2) is 26.8 Å². The van der Waals surface area contributed by atoms with E-state index in [9.17, 15) is 4.79 Å². The van der Waals surface area contributed by atoms with Gasteiger partial charge in [-0.05, 0) is 22.9 Å². The average Bonchev–Trinajstić information content (AvgIpc) is 2.77. The van der Waals surface area contributed by atoms with Crippen LogP contribution in [0.2, 0.25) is 0 Å². The molecule has 2 rings (SSSR count). The summed E-state index contributed by atoms with van der Waals surface area (Å²) in [7, 11) is 2.95. The second kappa shape index (κ2) is 4.44. The minimum atomic E-state index is -0.148. The molecule has 0 atom stereocenters. The van der Waals surface area contributed by atoms with Crippen LogP contribution in [-0.2, 0) is 0 Å². The SMILES string of the molecule is COc1c2c(c(Br)c(C(C)=O)c1OC)OCO2. The molecule has 0 N–H and O–H groups in total. The summed E-state index contributed by atoms with van der Waals surface area (Å²) < 4.78 is 21.6. The Morgan fingerprint density at radius 1 is 1.18 bits per heavy atom. The first-order valence-electron chi connectivity index (χ1n) is 4.85. The van der Waals surface area contributed by atoms with Crippen LogP contribution < -0.4 is 18.9 Å². The maximum Gasteiger partial charge on any atom is 0.231 e. The quantitative estimate of drug-likeness (QED) is 0.803. The Bertz CT molecular complexity index is 483. The number of fused-ring (bicyclic) bond motifs is 1. The summed E-state index contributed by atoms with van der Waals surface area (Å²) >= 11 is 3.33. The molecule has 6 heteroatoms. The minimum Gasteiger partial charge on any atom is -0.492 e. The Kier molecular flexibility index (Phi) is 3.15. The van der Waals surface area contributed by atoms with Crippen molar-refractivity contribution in [2.24, 2.45) is 0 Å². The number of rotatable bonds is 3. The zero-order valence-corrected chi connectivity index (χ0v) is 11.2. The number of hydrogen-bond donors (Lipinski definition) is 0. The van der Waals surface area contributed by atoms with E-state index in [2.05, 4.69) is 15.9 Å². The summed E-state index contributed by atoms with van der Waals surface area (Å²) in [5, 5.41) is 0. The van der Waals surface area contributed by atoms with Crippen molar-refractivity contribution in [3.63, 3.8) is 0 Å². The van der Waals surface area contributed by atoms with Gasteiger partial charge in [0, 0.05) is 0 Å². The Morgan fingerprint density at radius 2 is 1.76 bits per heavy atom. The van der Waals surface area contributed by atoms with Crippen molar-refractivity contribution in [2.75, 3.05) is 21.0 Å². The van der Waals surface area contributed by atoms with Crippen LogP contribution in [0.4, 0.5) is 0 Å². The van der Waals surface area contributed by atoms with Gasteiger partial charge in [-0.15, -0.1) is 0 Å². The topological polar surface area (TPSA) is 54.0 Å². The first-order chi connectivity index (χ1) is 8.11. The lowest BCUT2D eigenvalue weighted by molar-refractivity contribution is 0.101. The molecule has 1 aromatic rings. The van der Waals surface area contributed by atoms with Gasteiger partial charge in [-0.2, -0.15) is 0 Å². The number of halogens is 1. The van der Waals surface area contributed by atoms with Gasteiger partial charge >= 0.3 is 0 Å². The molecule has 0 radical (unpaired) electrons. The Balaban J connectivity index is 2.80. The zero-order chi connectivity index (χ0) is 12.6. The molecule has 0 spiro atoms. The number of carbonyl (C=O) groups is 1. The summed E-state index contributed by atoms with van der Waals surface area (Å²) in [4.78, 5) is 11.7. The molecule has 1 aliphatic rings. The van der Waals surface area contributed by atoms with Crippen LogP contribution in [0.15, 0.2) is 4.47 Å². The number of carbonyl (C=O) groups excluding carboxylic acids is 1. The Labute approximate surface area is 107 Å². The van der Waals surface area contributed by atoms with Crippen LogP contribution in [0.3, 0.4) is 0 Å². The highest BCUT2D eigenvalue weighted by atomic mass is 79.9. The second-order valence-corrected chi connectivity index (χ2v) is 4.17. The van der Waals surface area contributed by atoms with Crippen molar-refractivity contribution < 1.29 is 23.7 Å². The first-order valence-corrected chi connectivity index (χ1v) is 5.65. The third-order valence-electron chi connectivity index (χ3n) is 2.43. The molecule has 1 aliphatic heterocycles. The fraction of sp³-hybridized carbons (Fsp3) is 0.364. The number of Topliss-reactive ketones (excluding diaryl/α,β-unsaturated/α-hetero) is 1. The number of ether oxygens (including phenoxy) is 4. The van der Waals surface area contributed by atoms with Crippen molar-refractivity contribution in [3.05, 3.63) is 10.0 Å². The molecule has 0 amide bonds. The third-order valence-corrected chi connectivity index (χ3v) is 3.19. The van der Waals surface area contributed by atoms with E-state index in [4.69, 9.17) is 18.9 Å². The van der Waals surface area contributed by atoms with E-state index in [-0.39, 0.29) is 12.6 Å². The van der Waals surface area contributed by atoms with Crippen LogP contribution in [0.1, 0.15) is 17.3 Å². The summed E-state index contributed by atoms with van der Waals surface area (Å²) in [5.74, 6) is 1.48. The van der Waals surface area contributed by atoms with E-state index in [0.29, 0.717) is 33.0 Å². The monoisotopic (exact) mass is 302 g/mol. The molecule has 0 aliphatic carbocycles. The van der Waals surface area contributed by atoms with Crippen LogP contribution in [0.5, 0.6) is 23.0 Å². The Morgan fingerprint density at radius 3 is 2.29 bits per heavy atom. The average molecular weight is 303 g/mol. The highest BCUT2D eigenvalue weighted by Gasteiger charge is 2.31. The maximum absolute atomic E-state index is 11.7. The van der Waals surface area contributed by atoms with Crippen molar-refractivity contribution in [1.29, 1.82) is 0 Å². The molecule has 0 saturated carbocycles. The predicted molar refractivity (Wildman–Crippen MR) is 63.4 cm³/mol. The van der Waals surface area contributed by atoms with Crippen LogP contribution in [0.25, 0.3) is 0 Å². The van der Waals surface area contributed by atoms with Gasteiger partial charge in [0.25, 0.3) is 0 Å². The van der Waals surface area contributed by atoms with Crippen LogP contribution in [0, 0.1) is 0 Å².